The lowest BCUT2D eigenvalue weighted by molar-refractivity contribution is -0.132. The van der Waals surface area contributed by atoms with Crippen molar-refractivity contribution in [2.45, 2.75) is 23.1 Å². The lowest BCUT2D eigenvalue weighted by atomic mass is 9.99. The van der Waals surface area contributed by atoms with Crippen molar-refractivity contribution in [3.63, 3.8) is 0 Å². The summed E-state index contributed by atoms with van der Waals surface area (Å²) in [5.74, 6) is -1.96. The predicted molar refractivity (Wildman–Crippen MR) is 154 cm³/mol. The lowest BCUT2D eigenvalue weighted by Gasteiger charge is -2.20. The molecule has 0 spiro atoms. The number of carbonyl (C=O) groups is 2. The third kappa shape index (κ3) is 4.64. The van der Waals surface area contributed by atoms with Crippen LogP contribution in [0, 0.1) is 12.7 Å². The maximum absolute atomic E-state index is 14.3. The molecule has 1 N–H and O–H groups in total. The van der Waals surface area contributed by atoms with Crippen molar-refractivity contribution < 1.29 is 19.1 Å². The number of aliphatic hydroxyl groups is 1. The van der Waals surface area contributed by atoms with Crippen LogP contribution in [0.1, 0.15) is 27.6 Å². The van der Waals surface area contributed by atoms with E-state index in [9.17, 15) is 19.1 Å². The highest BCUT2D eigenvalue weighted by atomic mass is 32.2. The zero-order valence-electron chi connectivity index (χ0n) is 20.5. The zero-order chi connectivity index (χ0) is 27.1. The molecular formula is C29H20FN3O3S3. The first-order valence-corrected chi connectivity index (χ1v) is 14.6. The number of aromatic nitrogens is 2. The summed E-state index contributed by atoms with van der Waals surface area (Å²) in [5.41, 5.74) is 1.58. The standard InChI is InChI=1S/C29H20FN3O3S3/c1-16-11-12-18(14-21(16)30)25(34)23-24(22-10-5-13-37-22)33(27(36)26(23)35)28-31-32-29(39-28)38-15-19-8-4-7-17-6-2-3-9-20(17)19/h2-14,24,34H,15H2,1H3. The van der Waals surface area contributed by atoms with Gasteiger partial charge < -0.3 is 5.11 Å². The molecule has 2 aromatic heterocycles. The molecule has 1 fully saturated rings. The maximum Gasteiger partial charge on any atom is 0.301 e. The van der Waals surface area contributed by atoms with Crippen LogP contribution in [-0.4, -0.2) is 27.0 Å². The molecule has 10 heteroatoms. The molecule has 5 aromatic rings. The van der Waals surface area contributed by atoms with E-state index in [1.807, 2.05) is 23.6 Å². The summed E-state index contributed by atoms with van der Waals surface area (Å²) in [6.07, 6.45) is 0. The minimum atomic E-state index is -0.904. The summed E-state index contributed by atoms with van der Waals surface area (Å²) in [6.45, 7) is 1.61. The van der Waals surface area contributed by atoms with Crippen LogP contribution in [0.5, 0.6) is 0 Å². The number of aliphatic hydroxyl groups excluding tert-OH is 1. The van der Waals surface area contributed by atoms with Crippen LogP contribution < -0.4 is 4.90 Å². The van der Waals surface area contributed by atoms with Gasteiger partial charge in [-0.2, -0.15) is 0 Å². The smallest absolute Gasteiger partial charge is 0.301 e. The Morgan fingerprint density at radius 2 is 1.87 bits per heavy atom. The van der Waals surface area contributed by atoms with E-state index < -0.39 is 29.3 Å². The summed E-state index contributed by atoms with van der Waals surface area (Å²) >= 11 is 4.05. The monoisotopic (exact) mass is 573 g/mol. The predicted octanol–water partition coefficient (Wildman–Crippen LogP) is 7.12. The summed E-state index contributed by atoms with van der Waals surface area (Å²) in [5, 5.41) is 24.1. The molecule has 1 aliphatic rings. The Balaban J connectivity index is 1.35. The highest BCUT2D eigenvalue weighted by Crippen LogP contribution is 2.45. The molecule has 0 radical (unpaired) electrons. The Kier molecular flexibility index (Phi) is 6.76. The number of ketones is 1. The van der Waals surface area contributed by atoms with Crippen LogP contribution in [-0.2, 0) is 15.3 Å². The van der Waals surface area contributed by atoms with Gasteiger partial charge in [-0.05, 0) is 46.3 Å². The highest BCUT2D eigenvalue weighted by Gasteiger charge is 2.48. The van der Waals surface area contributed by atoms with E-state index in [0.29, 0.717) is 20.5 Å². The zero-order valence-corrected chi connectivity index (χ0v) is 22.9. The van der Waals surface area contributed by atoms with Crippen LogP contribution in [0.4, 0.5) is 9.52 Å². The van der Waals surface area contributed by atoms with Crippen molar-refractivity contribution in [2.24, 2.45) is 0 Å². The molecule has 6 rings (SSSR count). The number of rotatable bonds is 6. The Labute approximate surface area is 235 Å². The Morgan fingerprint density at radius 1 is 1.05 bits per heavy atom. The van der Waals surface area contributed by atoms with Crippen LogP contribution in [0.3, 0.4) is 0 Å². The van der Waals surface area contributed by atoms with Crippen molar-refractivity contribution in [1.82, 2.24) is 10.2 Å². The second-order valence-electron chi connectivity index (χ2n) is 8.93. The number of hydrogen-bond donors (Lipinski definition) is 1. The van der Waals surface area contributed by atoms with Crippen molar-refractivity contribution in [1.29, 1.82) is 0 Å². The van der Waals surface area contributed by atoms with Gasteiger partial charge in [0.1, 0.15) is 17.6 Å². The molecule has 0 aliphatic carbocycles. The van der Waals surface area contributed by atoms with Gasteiger partial charge in [0.2, 0.25) is 5.13 Å². The molecule has 194 valence electrons. The topological polar surface area (TPSA) is 83.4 Å². The van der Waals surface area contributed by atoms with E-state index in [2.05, 4.69) is 34.5 Å². The van der Waals surface area contributed by atoms with Crippen molar-refractivity contribution in [3.05, 3.63) is 111 Å². The molecule has 39 heavy (non-hydrogen) atoms. The fraction of sp³-hybridized carbons (Fsp3) is 0.103. The third-order valence-electron chi connectivity index (χ3n) is 6.54. The second-order valence-corrected chi connectivity index (χ2v) is 12.1. The SMILES string of the molecule is Cc1ccc(C(O)=C2C(=O)C(=O)N(c3nnc(SCc4cccc5ccccc45)s3)C2c2cccs2)cc1F. The molecule has 1 saturated heterocycles. The van der Waals surface area contributed by atoms with Crippen LogP contribution in [0.15, 0.2) is 88.1 Å². The molecular weight excluding hydrogens is 554 g/mol. The van der Waals surface area contributed by atoms with Crippen LogP contribution in [0.2, 0.25) is 0 Å². The number of thiophene rings is 1. The van der Waals surface area contributed by atoms with E-state index in [4.69, 9.17) is 0 Å². The van der Waals surface area contributed by atoms with Crippen molar-refractivity contribution in [2.75, 3.05) is 4.90 Å². The molecule has 1 atom stereocenters. The number of benzene rings is 3. The summed E-state index contributed by atoms with van der Waals surface area (Å²) < 4.78 is 14.9. The number of halogens is 1. The number of anilines is 1. The van der Waals surface area contributed by atoms with Crippen molar-refractivity contribution in [3.8, 4) is 0 Å². The van der Waals surface area contributed by atoms with Gasteiger partial charge in [-0.1, -0.05) is 83.8 Å². The van der Waals surface area contributed by atoms with E-state index >= 15 is 0 Å². The first-order valence-electron chi connectivity index (χ1n) is 12.0. The van der Waals surface area contributed by atoms with Gasteiger partial charge in [-0.15, -0.1) is 21.5 Å². The normalized spacial score (nSPS) is 16.9. The summed E-state index contributed by atoms with van der Waals surface area (Å²) in [7, 11) is 0. The molecule has 0 saturated carbocycles. The van der Waals surface area contributed by atoms with Crippen LogP contribution in [0.25, 0.3) is 16.5 Å². The lowest BCUT2D eigenvalue weighted by Crippen LogP contribution is -2.29. The molecule has 3 heterocycles. The van der Waals surface area contributed by atoms with Crippen LogP contribution >= 0.6 is 34.4 Å². The number of nitrogens with zero attached hydrogens (tertiary/aromatic N) is 3. The Morgan fingerprint density at radius 3 is 2.67 bits per heavy atom. The molecule has 1 aliphatic heterocycles. The van der Waals surface area contributed by atoms with Gasteiger partial charge in [0.15, 0.2) is 4.34 Å². The first-order chi connectivity index (χ1) is 18.9. The molecule has 3 aromatic carbocycles. The summed E-state index contributed by atoms with van der Waals surface area (Å²) in [4.78, 5) is 28.5. The molecule has 6 nitrogen and oxygen atoms in total. The van der Waals surface area contributed by atoms with Gasteiger partial charge in [0.25, 0.3) is 5.78 Å². The fourth-order valence-electron chi connectivity index (χ4n) is 4.56. The summed E-state index contributed by atoms with van der Waals surface area (Å²) in [6, 6.07) is 21.2. The maximum atomic E-state index is 14.3. The number of thioether (sulfide) groups is 1. The average Bonchev–Trinajstić information content (AvgIpc) is 3.69. The van der Waals surface area contributed by atoms with E-state index in [1.165, 1.54) is 51.5 Å². The third-order valence-corrected chi connectivity index (χ3v) is 9.56. The number of aryl methyl sites for hydroxylation is 1. The number of fused-ring (bicyclic) bond motifs is 1. The van der Waals surface area contributed by atoms with Gasteiger partial charge in [-0.25, -0.2) is 4.39 Å². The number of Topliss-reactive ketones (excluding diaryl/α,β-unsaturated/α-hetero) is 1. The van der Waals surface area contributed by atoms with Gasteiger partial charge in [0, 0.05) is 16.2 Å². The number of carbonyl (C=O) groups excluding carboxylic acids is 2. The van der Waals surface area contributed by atoms with Gasteiger partial charge in [-0.3, -0.25) is 14.5 Å². The highest BCUT2D eigenvalue weighted by molar-refractivity contribution is 8.00. The fourth-order valence-corrected chi connectivity index (χ4v) is 7.25. The second kappa shape index (κ2) is 10.4. The van der Waals surface area contributed by atoms with E-state index in [0.717, 1.165) is 22.4 Å². The van der Waals surface area contributed by atoms with Crippen molar-refractivity contribution >= 4 is 67.8 Å². The largest absolute Gasteiger partial charge is 0.507 e. The van der Waals surface area contributed by atoms with E-state index in [-0.39, 0.29) is 16.3 Å². The minimum absolute atomic E-state index is 0.106. The quantitative estimate of drug-likeness (QED) is 0.0766. The molecule has 1 unspecified atom stereocenters. The Bertz CT molecular complexity index is 1760. The van der Waals surface area contributed by atoms with E-state index in [1.54, 1.807) is 19.1 Å². The molecule has 1 amide bonds. The minimum Gasteiger partial charge on any atom is -0.507 e. The van der Waals surface area contributed by atoms with Gasteiger partial charge >= 0.3 is 5.91 Å². The molecule has 0 bridgehead atoms. The van der Waals surface area contributed by atoms with Gasteiger partial charge in [0.05, 0.1) is 5.57 Å². The Hall–Kier alpha value is -3.86. The average molecular weight is 574 g/mol. The number of amides is 1. The first kappa shape index (κ1) is 25.4. The number of hydrogen-bond acceptors (Lipinski definition) is 8.